The number of rotatable bonds is 5. The van der Waals surface area contributed by atoms with Crippen LogP contribution in [-0.4, -0.2) is 48.9 Å². The number of esters is 1. The van der Waals surface area contributed by atoms with Gasteiger partial charge in [0.1, 0.15) is 6.54 Å². The van der Waals surface area contributed by atoms with Gasteiger partial charge < -0.3 is 15.0 Å². The zero-order valence-corrected chi connectivity index (χ0v) is 15.7. The maximum atomic E-state index is 12.1. The highest BCUT2D eigenvalue weighted by molar-refractivity contribution is 9.10. The minimum atomic E-state index is -0.620. The monoisotopic (exact) mass is 410 g/mol. The third-order valence-corrected chi connectivity index (χ3v) is 4.59. The Bertz CT molecular complexity index is 596. The first-order valence-electron chi connectivity index (χ1n) is 8.53. The smallest absolute Gasteiger partial charge is 0.325 e. The highest BCUT2D eigenvalue weighted by atomic mass is 79.9. The van der Waals surface area contributed by atoms with Gasteiger partial charge in [-0.2, -0.15) is 0 Å². The lowest BCUT2D eigenvalue weighted by atomic mass is 10.1. The molecule has 1 aliphatic rings. The van der Waals surface area contributed by atoms with Gasteiger partial charge in [-0.05, 0) is 37.1 Å². The van der Waals surface area contributed by atoms with E-state index in [1.54, 1.807) is 29.2 Å². The number of amides is 2. The molecule has 1 fully saturated rings. The maximum Gasteiger partial charge on any atom is 0.325 e. The number of benzene rings is 1. The van der Waals surface area contributed by atoms with Gasteiger partial charge >= 0.3 is 5.97 Å². The summed E-state index contributed by atoms with van der Waals surface area (Å²) in [5.74, 6) is -1.15. The van der Waals surface area contributed by atoms with E-state index in [9.17, 15) is 14.4 Å². The van der Waals surface area contributed by atoms with Crippen molar-refractivity contribution in [1.29, 1.82) is 0 Å². The molecule has 0 radical (unpaired) electrons. The van der Waals surface area contributed by atoms with Gasteiger partial charge in [0.05, 0.1) is 0 Å². The third kappa shape index (κ3) is 6.86. The SMILES string of the molecule is O=C(CNC(=O)c1ccc(Br)cc1)OCC(=O)N1CCCCCCC1. The molecule has 1 aromatic carbocycles. The van der Waals surface area contributed by atoms with Crippen LogP contribution in [0.2, 0.25) is 0 Å². The molecule has 25 heavy (non-hydrogen) atoms. The van der Waals surface area contributed by atoms with E-state index in [0.29, 0.717) is 5.56 Å². The van der Waals surface area contributed by atoms with Crippen LogP contribution in [0.5, 0.6) is 0 Å². The highest BCUT2D eigenvalue weighted by Crippen LogP contribution is 2.11. The van der Waals surface area contributed by atoms with Gasteiger partial charge in [-0.15, -0.1) is 0 Å². The fourth-order valence-electron chi connectivity index (χ4n) is 2.64. The number of nitrogens with zero attached hydrogens (tertiary/aromatic N) is 1. The molecule has 1 aromatic rings. The second kappa shape index (κ2) is 10.2. The Morgan fingerprint density at radius 1 is 1.00 bits per heavy atom. The van der Waals surface area contributed by atoms with Gasteiger partial charge in [0.25, 0.3) is 11.8 Å². The Kier molecular flexibility index (Phi) is 7.91. The van der Waals surface area contributed by atoms with Gasteiger partial charge in [0.2, 0.25) is 0 Å². The second-order valence-electron chi connectivity index (χ2n) is 6.00. The summed E-state index contributed by atoms with van der Waals surface area (Å²) in [5.41, 5.74) is 0.452. The van der Waals surface area contributed by atoms with Crippen molar-refractivity contribution in [3.8, 4) is 0 Å². The molecular formula is C18H23BrN2O4. The summed E-state index contributed by atoms with van der Waals surface area (Å²) in [5, 5.41) is 2.49. The number of carbonyl (C=O) groups is 3. The number of hydrogen-bond donors (Lipinski definition) is 1. The molecule has 0 atom stereocenters. The van der Waals surface area contributed by atoms with E-state index in [4.69, 9.17) is 4.74 Å². The van der Waals surface area contributed by atoms with Gasteiger partial charge in [-0.25, -0.2) is 0 Å². The molecule has 0 unspecified atom stereocenters. The summed E-state index contributed by atoms with van der Waals surface area (Å²) in [7, 11) is 0. The summed E-state index contributed by atoms with van der Waals surface area (Å²) in [6.45, 7) is 0.905. The van der Waals surface area contributed by atoms with Crippen LogP contribution in [0, 0.1) is 0 Å². The number of ether oxygens (including phenoxy) is 1. The van der Waals surface area contributed by atoms with Crippen LogP contribution >= 0.6 is 15.9 Å². The lowest BCUT2D eigenvalue weighted by Crippen LogP contribution is -2.38. The van der Waals surface area contributed by atoms with Crippen LogP contribution in [0.4, 0.5) is 0 Å². The highest BCUT2D eigenvalue weighted by Gasteiger charge is 2.17. The summed E-state index contributed by atoms with van der Waals surface area (Å²) < 4.78 is 5.85. The molecule has 1 N–H and O–H groups in total. The predicted octanol–water partition coefficient (Wildman–Crippen LogP) is 2.51. The van der Waals surface area contributed by atoms with E-state index in [2.05, 4.69) is 21.2 Å². The Morgan fingerprint density at radius 2 is 1.60 bits per heavy atom. The molecule has 1 heterocycles. The summed E-state index contributed by atoms with van der Waals surface area (Å²) in [6.07, 6.45) is 5.46. The van der Waals surface area contributed by atoms with Crippen molar-refractivity contribution < 1.29 is 19.1 Å². The third-order valence-electron chi connectivity index (χ3n) is 4.07. The Balaban J connectivity index is 1.69. The van der Waals surface area contributed by atoms with Crippen LogP contribution in [0.15, 0.2) is 28.7 Å². The van der Waals surface area contributed by atoms with Crippen molar-refractivity contribution >= 4 is 33.7 Å². The molecule has 0 spiro atoms. The molecule has 0 bridgehead atoms. The van der Waals surface area contributed by atoms with Crippen LogP contribution in [0.3, 0.4) is 0 Å². The zero-order valence-electron chi connectivity index (χ0n) is 14.1. The van der Waals surface area contributed by atoms with Crippen molar-refractivity contribution in [2.24, 2.45) is 0 Å². The molecule has 6 nitrogen and oxygen atoms in total. The number of hydrogen-bond acceptors (Lipinski definition) is 4. The van der Waals surface area contributed by atoms with Crippen molar-refractivity contribution in [3.63, 3.8) is 0 Å². The number of carbonyl (C=O) groups excluding carboxylic acids is 3. The molecule has 2 rings (SSSR count). The van der Waals surface area contributed by atoms with Gasteiger partial charge in [0, 0.05) is 23.1 Å². The molecule has 0 aromatic heterocycles. The largest absolute Gasteiger partial charge is 0.454 e. The Morgan fingerprint density at radius 3 is 2.24 bits per heavy atom. The van der Waals surface area contributed by atoms with Crippen molar-refractivity contribution in [2.75, 3.05) is 26.2 Å². The molecular weight excluding hydrogens is 388 g/mol. The van der Waals surface area contributed by atoms with E-state index in [-0.39, 0.29) is 25.0 Å². The maximum absolute atomic E-state index is 12.1. The van der Waals surface area contributed by atoms with Crippen LogP contribution in [0.25, 0.3) is 0 Å². The Hall–Kier alpha value is -1.89. The van der Waals surface area contributed by atoms with Crippen molar-refractivity contribution in [3.05, 3.63) is 34.3 Å². The van der Waals surface area contributed by atoms with Crippen LogP contribution in [0.1, 0.15) is 42.5 Å². The first kappa shape index (κ1) is 19.4. The van der Waals surface area contributed by atoms with Gasteiger partial charge in [-0.1, -0.05) is 35.2 Å². The van der Waals surface area contributed by atoms with Crippen LogP contribution in [-0.2, 0) is 14.3 Å². The van der Waals surface area contributed by atoms with Gasteiger partial charge in [-0.3, -0.25) is 14.4 Å². The first-order valence-corrected chi connectivity index (χ1v) is 9.33. The molecule has 2 amide bonds. The summed E-state index contributed by atoms with van der Waals surface area (Å²) in [4.78, 5) is 37.5. The average molecular weight is 411 g/mol. The fourth-order valence-corrected chi connectivity index (χ4v) is 2.90. The van der Waals surface area contributed by atoms with E-state index in [1.807, 2.05) is 0 Å². The van der Waals surface area contributed by atoms with E-state index in [1.165, 1.54) is 6.42 Å². The first-order chi connectivity index (χ1) is 12.1. The summed E-state index contributed by atoms with van der Waals surface area (Å²) in [6, 6.07) is 6.79. The average Bonchev–Trinajstić information content (AvgIpc) is 2.58. The lowest BCUT2D eigenvalue weighted by molar-refractivity contribution is -0.151. The zero-order chi connectivity index (χ0) is 18.1. The molecule has 0 aliphatic carbocycles. The fraction of sp³-hybridized carbons (Fsp3) is 0.500. The molecule has 136 valence electrons. The van der Waals surface area contributed by atoms with Gasteiger partial charge in [0.15, 0.2) is 6.61 Å². The Labute approximate surface area is 156 Å². The lowest BCUT2D eigenvalue weighted by Gasteiger charge is -2.24. The molecule has 7 heteroatoms. The van der Waals surface area contributed by atoms with Crippen LogP contribution < -0.4 is 5.32 Å². The topological polar surface area (TPSA) is 75.7 Å². The second-order valence-corrected chi connectivity index (χ2v) is 6.91. The summed E-state index contributed by atoms with van der Waals surface area (Å²) >= 11 is 3.29. The minimum absolute atomic E-state index is 0.172. The number of likely N-dealkylation sites (tertiary alicyclic amines) is 1. The predicted molar refractivity (Wildman–Crippen MR) is 97.1 cm³/mol. The number of halogens is 1. The van der Waals surface area contributed by atoms with Crippen molar-refractivity contribution in [2.45, 2.75) is 32.1 Å². The normalized spacial score (nSPS) is 15.0. The standard InChI is InChI=1S/C18H23BrN2O4/c19-15-8-6-14(7-9-15)18(24)20-12-17(23)25-13-16(22)21-10-4-2-1-3-5-11-21/h6-9H,1-5,10-13H2,(H,20,24). The number of nitrogens with one attached hydrogen (secondary N) is 1. The quantitative estimate of drug-likeness (QED) is 0.756. The molecule has 0 saturated carbocycles. The van der Waals surface area contributed by atoms with Crippen molar-refractivity contribution in [1.82, 2.24) is 10.2 Å². The van der Waals surface area contributed by atoms with E-state index in [0.717, 1.165) is 43.2 Å². The van der Waals surface area contributed by atoms with E-state index >= 15 is 0 Å². The van der Waals surface area contributed by atoms with E-state index < -0.39 is 5.97 Å². The molecule has 1 saturated heterocycles. The molecule has 1 aliphatic heterocycles. The minimum Gasteiger partial charge on any atom is -0.454 e.